The summed E-state index contributed by atoms with van der Waals surface area (Å²) in [6.45, 7) is 4.90. The van der Waals surface area contributed by atoms with Crippen molar-refractivity contribution in [3.63, 3.8) is 0 Å². The van der Waals surface area contributed by atoms with E-state index in [-0.39, 0.29) is 56.7 Å². The molecule has 0 saturated heterocycles. The maximum Gasteiger partial charge on any atom is 1.00 e. The summed E-state index contributed by atoms with van der Waals surface area (Å²) in [5, 5.41) is 10.3. The molecule has 0 bridgehead atoms. The fraction of sp³-hybridized carbons (Fsp3) is 1.00. The molecule has 0 atom stereocenters. The van der Waals surface area contributed by atoms with E-state index in [1.165, 1.54) is 0 Å². The number of halogens is 2. The zero-order chi connectivity index (χ0) is 7.21. The van der Waals surface area contributed by atoms with Gasteiger partial charge in [0.15, 0.2) is 0 Å². The van der Waals surface area contributed by atoms with E-state index >= 15 is 0 Å². The third-order valence-corrected chi connectivity index (χ3v) is 0. The monoisotopic (exact) mass is 196 g/mol. The van der Waals surface area contributed by atoms with E-state index in [0.717, 1.165) is 0 Å². The van der Waals surface area contributed by atoms with Gasteiger partial charge in [0.1, 0.15) is 0 Å². The summed E-state index contributed by atoms with van der Waals surface area (Å²) in [6, 6.07) is 0. The Bertz CT molecular complexity index is 38.7. The molecular formula is C5H11Cl2KO. The van der Waals surface area contributed by atoms with Crippen LogP contribution in [0.1, 0.15) is 20.8 Å². The first-order valence-corrected chi connectivity index (χ1v) is 3.31. The van der Waals surface area contributed by atoms with Crippen molar-refractivity contribution in [2.75, 3.05) is 5.34 Å². The summed E-state index contributed by atoms with van der Waals surface area (Å²) >= 11 is 9.53. The molecule has 0 fully saturated rings. The Morgan fingerprint density at radius 1 is 1.22 bits per heavy atom. The molecule has 4 heteroatoms. The molecule has 0 radical (unpaired) electrons. The third kappa shape index (κ3) is 144. The van der Waals surface area contributed by atoms with Crippen LogP contribution in [-0.4, -0.2) is 10.9 Å². The maximum absolute atomic E-state index is 10.1. The van der Waals surface area contributed by atoms with Gasteiger partial charge in [0.2, 0.25) is 0 Å². The Hall–Kier alpha value is 2.18. The van der Waals surface area contributed by atoms with Gasteiger partial charge >= 0.3 is 51.4 Å². The zero-order valence-electron chi connectivity index (χ0n) is 6.37. The molecule has 0 saturated carbocycles. The maximum atomic E-state index is 10.1. The van der Waals surface area contributed by atoms with Gasteiger partial charge in [0.05, 0.1) is 5.34 Å². The Morgan fingerprint density at radius 3 is 1.22 bits per heavy atom. The van der Waals surface area contributed by atoms with Crippen molar-refractivity contribution in [1.29, 1.82) is 0 Å². The first-order valence-electron chi connectivity index (χ1n) is 2.24. The Labute approximate surface area is 110 Å². The normalized spacial score (nSPS) is 8.67. The average Bonchev–Trinajstić information content (AvgIpc) is 1.27. The molecule has 0 aliphatic heterocycles. The van der Waals surface area contributed by atoms with Crippen LogP contribution < -0.4 is 56.5 Å². The van der Waals surface area contributed by atoms with Gasteiger partial charge < -0.3 is 5.11 Å². The van der Waals surface area contributed by atoms with Crippen molar-refractivity contribution in [2.45, 2.75) is 26.4 Å². The second kappa shape index (κ2) is 10.2. The van der Waals surface area contributed by atoms with E-state index in [2.05, 4.69) is 0 Å². The first kappa shape index (κ1) is 17.3. The predicted octanol–water partition coefficient (Wildman–Crippen LogP) is -1.43. The van der Waals surface area contributed by atoms with E-state index in [1.807, 2.05) is 0 Å². The van der Waals surface area contributed by atoms with Crippen LogP contribution in [0.4, 0.5) is 0 Å². The summed E-state index contributed by atoms with van der Waals surface area (Å²) < 4.78 is 0. The van der Waals surface area contributed by atoms with E-state index in [9.17, 15) is 5.11 Å². The fourth-order valence-electron chi connectivity index (χ4n) is 0. The minimum Gasteiger partial charge on any atom is -0.850 e. The summed E-state index contributed by atoms with van der Waals surface area (Å²) in [7, 11) is 0. The Balaban J connectivity index is -0.0000000800. The summed E-state index contributed by atoms with van der Waals surface area (Å²) in [5.74, 6) is 0. The molecule has 1 nitrogen and oxygen atoms in total. The van der Waals surface area contributed by atoms with E-state index in [4.69, 9.17) is 23.2 Å². The van der Waals surface area contributed by atoms with Gasteiger partial charge in [-0.1, -0.05) is 20.8 Å². The van der Waals surface area contributed by atoms with Crippen molar-refractivity contribution in [3.8, 4) is 0 Å². The van der Waals surface area contributed by atoms with Gasteiger partial charge in [0.25, 0.3) is 0 Å². The molecule has 0 aliphatic carbocycles. The van der Waals surface area contributed by atoms with E-state index < -0.39 is 5.60 Å². The first-order chi connectivity index (χ1) is 3.41. The van der Waals surface area contributed by atoms with Crippen molar-refractivity contribution >= 4 is 23.2 Å². The second-order valence-electron chi connectivity index (χ2n) is 2.21. The van der Waals surface area contributed by atoms with Crippen LogP contribution in [0.25, 0.3) is 0 Å². The van der Waals surface area contributed by atoms with Crippen LogP contribution in [0.15, 0.2) is 0 Å². The molecule has 52 valence electrons. The molecule has 9 heavy (non-hydrogen) atoms. The molecule has 0 heterocycles. The van der Waals surface area contributed by atoms with Gasteiger partial charge in [0, 0.05) is 0 Å². The van der Waals surface area contributed by atoms with Crippen LogP contribution >= 0.6 is 23.2 Å². The Morgan fingerprint density at radius 2 is 1.22 bits per heavy atom. The topological polar surface area (TPSA) is 23.1 Å². The molecular weight excluding hydrogens is 186 g/mol. The molecule has 0 aromatic rings. The van der Waals surface area contributed by atoms with E-state index in [1.54, 1.807) is 20.8 Å². The van der Waals surface area contributed by atoms with Gasteiger partial charge in [-0.15, -0.1) is 28.8 Å². The number of hydrogen-bond donors (Lipinski definition) is 0. The molecule has 0 N–H and O–H groups in total. The summed E-state index contributed by atoms with van der Waals surface area (Å²) in [6.07, 6.45) is 0. The largest absolute Gasteiger partial charge is 1.00 e. The molecule has 0 unspecified atom stereocenters. The SMILES string of the molecule is CC(C)(C)[O-].ClCCl.[K+]. The van der Waals surface area contributed by atoms with Crippen LogP contribution in [0.2, 0.25) is 0 Å². The van der Waals surface area contributed by atoms with Crippen molar-refractivity contribution in [3.05, 3.63) is 0 Å². The van der Waals surface area contributed by atoms with Gasteiger partial charge in [-0.05, 0) is 0 Å². The minimum atomic E-state index is -0.750. The van der Waals surface area contributed by atoms with Gasteiger partial charge in [-0.2, -0.15) is 0 Å². The zero-order valence-corrected chi connectivity index (χ0v) is 11.0. The third-order valence-electron chi connectivity index (χ3n) is 0. The van der Waals surface area contributed by atoms with Crippen LogP contribution in [0.3, 0.4) is 0 Å². The quantitative estimate of drug-likeness (QED) is 0.345. The van der Waals surface area contributed by atoms with Crippen molar-refractivity contribution in [1.82, 2.24) is 0 Å². The van der Waals surface area contributed by atoms with E-state index in [0.29, 0.717) is 0 Å². The number of hydrogen-bond acceptors (Lipinski definition) is 1. The molecule has 0 amide bonds. The van der Waals surface area contributed by atoms with Crippen LogP contribution in [-0.2, 0) is 0 Å². The van der Waals surface area contributed by atoms with Crippen molar-refractivity contribution in [2.24, 2.45) is 0 Å². The number of alkyl halides is 2. The van der Waals surface area contributed by atoms with Crippen LogP contribution in [0, 0.1) is 0 Å². The second-order valence-corrected chi connectivity index (χ2v) is 3.02. The minimum absolute atomic E-state index is 0. The summed E-state index contributed by atoms with van der Waals surface area (Å²) in [4.78, 5) is 0. The Kier molecular flexibility index (Phi) is 19.6. The van der Waals surface area contributed by atoms with Crippen molar-refractivity contribution < 1.29 is 56.5 Å². The summed E-state index contributed by atoms with van der Waals surface area (Å²) in [5.41, 5.74) is -0.750. The predicted molar refractivity (Wildman–Crippen MR) is 36.3 cm³/mol. The smallest absolute Gasteiger partial charge is 0.850 e. The molecule has 0 aromatic carbocycles. The van der Waals surface area contributed by atoms with Crippen LogP contribution in [0.5, 0.6) is 0 Å². The van der Waals surface area contributed by atoms with Gasteiger partial charge in [-0.3, -0.25) is 0 Å². The molecule has 0 rings (SSSR count). The van der Waals surface area contributed by atoms with Gasteiger partial charge in [-0.25, -0.2) is 0 Å². The average molecular weight is 197 g/mol. The number of rotatable bonds is 0. The standard InChI is InChI=1S/C4H9O.CH2Cl2.K/c1-4(2,3)5;2-1-3;/h1-3H3;1H2;/q-1;;+1. The molecule has 0 aromatic heterocycles. The fourth-order valence-corrected chi connectivity index (χ4v) is 0. The molecule has 0 aliphatic rings. The molecule has 0 spiro atoms.